The van der Waals surface area contributed by atoms with E-state index in [0.717, 1.165) is 12.3 Å². The maximum Gasteiger partial charge on any atom is 0.270 e. The molecule has 2 saturated heterocycles. The maximum absolute atomic E-state index is 13.1. The summed E-state index contributed by atoms with van der Waals surface area (Å²) in [5, 5.41) is 11.1. The van der Waals surface area contributed by atoms with Crippen molar-refractivity contribution >= 4 is 31.6 Å². The lowest BCUT2D eigenvalue weighted by Crippen LogP contribution is -2.45. The van der Waals surface area contributed by atoms with E-state index in [4.69, 9.17) is 0 Å². The number of piperidine rings is 1. The lowest BCUT2D eigenvalue weighted by Gasteiger charge is -2.33. The lowest BCUT2D eigenvalue weighted by molar-refractivity contribution is -0.385. The third kappa shape index (κ3) is 5.27. The highest BCUT2D eigenvalue weighted by Gasteiger charge is 2.35. The van der Waals surface area contributed by atoms with Gasteiger partial charge >= 0.3 is 0 Å². The van der Waals surface area contributed by atoms with Gasteiger partial charge in [-0.05, 0) is 31.7 Å². The summed E-state index contributed by atoms with van der Waals surface area (Å²) in [4.78, 5) is 25.0. The smallest absolute Gasteiger partial charge is 0.270 e. The summed E-state index contributed by atoms with van der Waals surface area (Å²) in [6.45, 7) is 3.29. The molecule has 1 amide bonds. The first-order valence-corrected chi connectivity index (χ1v) is 13.7. The van der Waals surface area contributed by atoms with Crippen LogP contribution in [0, 0.1) is 23.0 Å². The average molecular weight is 489 g/mol. The quantitative estimate of drug-likeness (QED) is 0.441. The Bertz CT molecular complexity index is 1100. The van der Waals surface area contributed by atoms with Crippen molar-refractivity contribution in [2.75, 3.05) is 45.5 Å². The fourth-order valence-corrected chi connectivity index (χ4v) is 6.75. The second-order valence-electron chi connectivity index (χ2n) is 8.23. The van der Waals surface area contributed by atoms with E-state index in [1.165, 1.54) is 20.7 Å². The van der Waals surface area contributed by atoms with Crippen molar-refractivity contribution in [1.29, 1.82) is 0 Å². The predicted octanol–water partition coefficient (Wildman–Crippen LogP) is 0.798. The van der Waals surface area contributed by atoms with E-state index < -0.39 is 25.0 Å². The van der Waals surface area contributed by atoms with Gasteiger partial charge in [0.05, 0.1) is 16.1 Å². The molecular weight excluding hydrogens is 460 g/mol. The largest absolute Gasteiger partial charge is 0.341 e. The summed E-state index contributed by atoms with van der Waals surface area (Å²) < 4.78 is 52.3. The molecule has 2 heterocycles. The molecule has 1 aromatic carbocycles. The molecule has 0 N–H and O–H groups in total. The Kier molecular flexibility index (Phi) is 7.22. The summed E-state index contributed by atoms with van der Waals surface area (Å²) in [7, 11) is -7.23. The van der Waals surface area contributed by atoms with E-state index in [-0.39, 0.29) is 42.0 Å². The first kappa shape index (κ1) is 24.6. The Morgan fingerprint density at radius 3 is 2.25 bits per heavy atom. The molecule has 2 fully saturated rings. The molecule has 0 spiro atoms. The second-order valence-corrected chi connectivity index (χ2v) is 12.1. The van der Waals surface area contributed by atoms with Gasteiger partial charge in [-0.25, -0.2) is 21.1 Å². The number of nitrogens with zero attached hydrogens (tertiary/aromatic N) is 4. The van der Waals surface area contributed by atoms with Gasteiger partial charge in [-0.15, -0.1) is 0 Å². The Morgan fingerprint density at radius 2 is 1.66 bits per heavy atom. The molecule has 0 radical (unpaired) electrons. The molecule has 32 heavy (non-hydrogen) atoms. The molecule has 2 aliphatic heterocycles. The lowest BCUT2D eigenvalue weighted by atomic mass is 9.96. The Labute approximate surface area is 188 Å². The molecular formula is C19H28N4O7S2. The molecule has 11 nitrogen and oxygen atoms in total. The molecule has 0 aromatic heterocycles. The highest BCUT2D eigenvalue weighted by molar-refractivity contribution is 7.89. The minimum atomic E-state index is -3.92. The number of nitro benzene ring substituents is 1. The van der Waals surface area contributed by atoms with Gasteiger partial charge in [-0.2, -0.15) is 4.31 Å². The second kappa shape index (κ2) is 9.41. The highest BCUT2D eigenvalue weighted by Crippen LogP contribution is 2.29. The van der Waals surface area contributed by atoms with Crippen LogP contribution in [0.25, 0.3) is 0 Å². The molecule has 0 saturated carbocycles. The van der Waals surface area contributed by atoms with Crippen LogP contribution < -0.4 is 0 Å². The number of hydrogen-bond acceptors (Lipinski definition) is 7. The summed E-state index contributed by atoms with van der Waals surface area (Å²) in [5.41, 5.74) is 0.136. The molecule has 3 rings (SSSR count). The average Bonchev–Trinajstić information content (AvgIpc) is 3.00. The Balaban J connectivity index is 1.65. The van der Waals surface area contributed by atoms with Crippen LogP contribution in [-0.4, -0.2) is 86.7 Å². The molecule has 13 heteroatoms. The van der Waals surface area contributed by atoms with Crippen LogP contribution in [0.15, 0.2) is 23.1 Å². The van der Waals surface area contributed by atoms with Crippen molar-refractivity contribution in [1.82, 2.24) is 13.5 Å². The van der Waals surface area contributed by atoms with E-state index in [0.29, 0.717) is 44.5 Å². The van der Waals surface area contributed by atoms with E-state index in [1.807, 2.05) is 0 Å². The molecule has 0 bridgehead atoms. The first-order valence-electron chi connectivity index (χ1n) is 10.4. The summed E-state index contributed by atoms with van der Waals surface area (Å²) in [6, 6.07) is 3.76. The summed E-state index contributed by atoms with van der Waals surface area (Å²) in [5.74, 6) is -0.415. The third-order valence-electron chi connectivity index (χ3n) is 6.04. The number of hydrogen-bond donors (Lipinski definition) is 0. The fourth-order valence-electron chi connectivity index (χ4n) is 4.17. The number of rotatable bonds is 5. The number of carbonyl (C=O) groups excluding carboxylic acids is 1. The monoisotopic (exact) mass is 488 g/mol. The van der Waals surface area contributed by atoms with Gasteiger partial charge in [0.2, 0.25) is 26.0 Å². The zero-order valence-electron chi connectivity index (χ0n) is 18.1. The SMILES string of the molecule is Cc1ccc([N+](=O)[O-])cc1S(=O)(=O)N1CCC(C(=O)N2CCCN(S(C)(=O)=O)CC2)CC1. The van der Waals surface area contributed by atoms with E-state index >= 15 is 0 Å². The highest BCUT2D eigenvalue weighted by atomic mass is 32.2. The Morgan fingerprint density at radius 1 is 1.00 bits per heavy atom. The van der Waals surface area contributed by atoms with Crippen LogP contribution in [0.4, 0.5) is 5.69 Å². The normalized spacial score (nSPS) is 20.1. The number of sulfonamides is 2. The number of benzene rings is 1. The molecule has 178 valence electrons. The van der Waals surface area contributed by atoms with Crippen LogP contribution >= 0.6 is 0 Å². The van der Waals surface area contributed by atoms with Crippen LogP contribution in [0.1, 0.15) is 24.8 Å². The van der Waals surface area contributed by atoms with Crippen molar-refractivity contribution in [3.05, 3.63) is 33.9 Å². The van der Waals surface area contributed by atoms with Gasteiger partial charge < -0.3 is 4.90 Å². The van der Waals surface area contributed by atoms with Crippen molar-refractivity contribution in [2.24, 2.45) is 5.92 Å². The van der Waals surface area contributed by atoms with Crippen LogP contribution in [0.2, 0.25) is 0 Å². The predicted molar refractivity (Wildman–Crippen MR) is 117 cm³/mol. The van der Waals surface area contributed by atoms with Crippen molar-refractivity contribution in [3.63, 3.8) is 0 Å². The van der Waals surface area contributed by atoms with Gasteiger partial charge in [0.15, 0.2) is 0 Å². The molecule has 0 atom stereocenters. The first-order chi connectivity index (χ1) is 14.9. The summed E-state index contributed by atoms with van der Waals surface area (Å²) in [6.07, 6.45) is 2.40. The Hall–Kier alpha value is -2.09. The third-order valence-corrected chi connectivity index (χ3v) is 9.38. The van der Waals surface area contributed by atoms with Crippen molar-refractivity contribution < 1.29 is 26.6 Å². The van der Waals surface area contributed by atoms with E-state index in [9.17, 15) is 31.7 Å². The standard InChI is InChI=1S/C19H28N4O7S2/c1-15-4-5-17(23(25)26)14-18(15)32(29,30)22-10-6-16(7-11-22)19(24)20-8-3-9-21(13-12-20)31(2,27)28/h4-5,14,16H,3,6-13H2,1-2H3. The minimum Gasteiger partial charge on any atom is -0.341 e. The van der Waals surface area contributed by atoms with Crippen molar-refractivity contribution in [3.8, 4) is 0 Å². The number of carbonyl (C=O) groups is 1. The molecule has 0 aliphatic carbocycles. The number of nitro groups is 1. The van der Waals surface area contributed by atoms with Gasteiger partial charge in [0.1, 0.15) is 0 Å². The van der Waals surface area contributed by atoms with E-state index in [2.05, 4.69) is 0 Å². The van der Waals surface area contributed by atoms with Gasteiger partial charge in [0, 0.05) is 57.3 Å². The number of aryl methyl sites for hydroxylation is 1. The van der Waals surface area contributed by atoms with Gasteiger partial charge in [-0.3, -0.25) is 14.9 Å². The number of non-ortho nitro benzene ring substituents is 1. The van der Waals surface area contributed by atoms with Crippen LogP contribution in [0.5, 0.6) is 0 Å². The molecule has 2 aliphatic rings. The van der Waals surface area contributed by atoms with Gasteiger partial charge in [-0.1, -0.05) is 6.07 Å². The van der Waals surface area contributed by atoms with E-state index in [1.54, 1.807) is 11.8 Å². The van der Waals surface area contributed by atoms with Crippen molar-refractivity contribution in [2.45, 2.75) is 31.1 Å². The molecule has 1 aromatic rings. The molecule has 0 unspecified atom stereocenters. The van der Waals surface area contributed by atoms with Crippen LogP contribution in [0.3, 0.4) is 0 Å². The zero-order chi connectivity index (χ0) is 23.7. The number of amides is 1. The fraction of sp³-hybridized carbons (Fsp3) is 0.632. The topological polar surface area (TPSA) is 138 Å². The van der Waals surface area contributed by atoms with Gasteiger partial charge in [0.25, 0.3) is 5.69 Å². The minimum absolute atomic E-state index is 0.0797. The summed E-state index contributed by atoms with van der Waals surface area (Å²) >= 11 is 0. The zero-order valence-corrected chi connectivity index (χ0v) is 19.8. The maximum atomic E-state index is 13.1. The van der Waals surface area contributed by atoms with Crippen LogP contribution in [-0.2, 0) is 24.8 Å².